The van der Waals surface area contributed by atoms with E-state index in [1.165, 1.54) is 0 Å². The molecule has 0 bridgehead atoms. The fourth-order valence-corrected chi connectivity index (χ4v) is 3.09. The van der Waals surface area contributed by atoms with Crippen molar-refractivity contribution >= 4 is 11.8 Å². The average molecular weight is 275 g/mol. The smallest absolute Gasteiger partial charge is 0.161 e. The minimum absolute atomic E-state index is 0.182. The molecule has 1 saturated carbocycles. The molecule has 0 aliphatic heterocycles. The molecule has 1 aliphatic carbocycles. The van der Waals surface area contributed by atoms with E-state index in [4.69, 9.17) is 0 Å². The Bertz CT molecular complexity index is 425. The van der Waals surface area contributed by atoms with Gasteiger partial charge in [-0.3, -0.25) is 0 Å². The second kappa shape index (κ2) is 5.97. The second-order valence-electron chi connectivity index (χ2n) is 4.61. The predicted octanol–water partition coefficient (Wildman–Crippen LogP) is 3.48. The summed E-state index contributed by atoms with van der Waals surface area (Å²) in [5.74, 6) is -2.83. The maximum absolute atomic E-state index is 13.4. The minimum atomic E-state index is -1.14. The number of benzene rings is 1. The summed E-state index contributed by atoms with van der Waals surface area (Å²) < 4.78 is 39.2. The van der Waals surface area contributed by atoms with Gasteiger partial charge in [-0.25, -0.2) is 13.2 Å². The van der Waals surface area contributed by atoms with Crippen LogP contribution in [0.15, 0.2) is 12.1 Å². The largest absolute Gasteiger partial charge is 0.310 e. The second-order valence-corrected chi connectivity index (χ2v) is 5.74. The zero-order chi connectivity index (χ0) is 13.1. The summed E-state index contributed by atoms with van der Waals surface area (Å²) in [5, 5.41) is 3.86. The summed E-state index contributed by atoms with van der Waals surface area (Å²) in [4.78, 5) is 0. The molecule has 0 aromatic heterocycles. The third kappa shape index (κ3) is 3.20. The van der Waals surface area contributed by atoms with Gasteiger partial charge < -0.3 is 5.32 Å². The summed E-state index contributed by atoms with van der Waals surface area (Å²) in [6.07, 6.45) is 5.34. The fraction of sp³-hybridized carbons (Fsp3) is 0.538. The van der Waals surface area contributed by atoms with Crippen molar-refractivity contribution in [2.45, 2.75) is 37.1 Å². The first-order valence-corrected chi connectivity index (χ1v) is 7.28. The average Bonchev–Trinajstić information content (AvgIpc) is 2.80. The monoisotopic (exact) mass is 275 g/mol. The Morgan fingerprint density at radius 2 is 1.89 bits per heavy atom. The Kier molecular flexibility index (Phi) is 4.56. The molecule has 1 aliphatic rings. The number of hydrogen-bond acceptors (Lipinski definition) is 2. The van der Waals surface area contributed by atoms with Crippen LogP contribution in [0.3, 0.4) is 0 Å². The Morgan fingerprint density at radius 3 is 2.56 bits per heavy atom. The number of halogens is 3. The summed E-state index contributed by atoms with van der Waals surface area (Å²) in [5.41, 5.74) is 0.182. The molecular weight excluding hydrogens is 259 g/mol. The van der Waals surface area contributed by atoms with E-state index in [0.717, 1.165) is 25.3 Å². The molecule has 0 saturated heterocycles. The van der Waals surface area contributed by atoms with Gasteiger partial charge in [-0.1, -0.05) is 0 Å². The molecule has 2 unspecified atom stereocenters. The Hall–Kier alpha value is -0.680. The Labute approximate surface area is 109 Å². The number of thioether (sulfide) groups is 1. The normalized spacial score (nSPS) is 23.6. The molecule has 0 amide bonds. The van der Waals surface area contributed by atoms with Crippen LogP contribution in [0, 0.1) is 17.5 Å². The molecule has 0 spiro atoms. The van der Waals surface area contributed by atoms with E-state index in [1.807, 2.05) is 11.8 Å². The lowest BCUT2D eigenvalue weighted by atomic mass is 10.1. The van der Waals surface area contributed by atoms with Gasteiger partial charge in [0, 0.05) is 29.5 Å². The first kappa shape index (κ1) is 13.7. The van der Waals surface area contributed by atoms with Crippen molar-refractivity contribution in [2.24, 2.45) is 0 Å². The summed E-state index contributed by atoms with van der Waals surface area (Å²) in [6.45, 7) is 0.245. The molecule has 1 fully saturated rings. The van der Waals surface area contributed by atoms with Gasteiger partial charge in [-0.2, -0.15) is 11.8 Å². The molecule has 0 radical (unpaired) electrons. The summed E-state index contributed by atoms with van der Waals surface area (Å²) >= 11 is 1.84. The fourth-order valence-electron chi connectivity index (χ4n) is 2.29. The van der Waals surface area contributed by atoms with Gasteiger partial charge in [0.2, 0.25) is 0 Å². The maximum Gasteiger partial charge on any atom is 0.161 e. The van der Waals surface area contributed by atoms with Crippen molar-refractivity contribution < 1.29 is 13.2 Å². The van der Waals surface area contributed by atoms with Gasteiger partial charge in [0.15, 0.2) is 11.6 Å². The zero-order valence-electron chi connectivity index (χ0n) is 10.2. The zero-order valence-corrected chi connectivity index (χ0v) is 11.0. The van der Waals surface area contributed by atoms with Crippen molar-refractivity contribution in [1.82, 2.24) is 5.32 Å². The van der Waals surface area contributed by atoms with Crippen molar-refractivity contribution in [3.05, 3.63) is 35.1 Å². The van der Waals surface area contributed by atoms with Crippen LogP contribution in [0.4, 0.5) is 13.2 Å². The summed E-state index contributed by atoms with van der Waals surface area (Å²) in [6, 6.07) is 1.87. The number of nitrogens with one attached hydrogen (secondary N) is 1. The van der Waals surface area contributed by atoms with Crippen molar-refractivity contribution in [3.63, 3.8) is 0 Å². The summed E-state index contributed by atoms with van der Waals surface area (Å²) in [7, 11) is 0. The third-order valence-corrected chi connectivity index (χ3v) is 4.48. The maximum atomic E-state index is 13.4. The molecule has 100 valence electrons. The first-order chi connectivity index (χ1) is 8.60. The van der Waals surface area contributed by atoms with E-state index in [1.54, 1.807) is 0 Å². The van der Waals surface area contributed by atoms with Gasteiger partial charge in [0.25, 0.3) is 0 Å². The number of rotatable bonds is 4. The molecule has 0 heterocycles. The molecule has 18 heavy (non-hydrogen) atoms. The van der Waals surface area contributed by atoms with E-state index in [0.29, 0.717) is 17.4 Å². The molecular formula is C13H16F3NS. The quantitative estimate of drug-likeness (QED) is 0.844. The highest BCUT2D eigenvalue weighted by atomic mass is 32.2. The highest BCUT2D eigenvalue weighted by molar-refractivity contribution is 7.99. The minimum Gasteiger partial charge on any atom is -0.310 e. The number of hydrogen-bond donors (Lipinski definition) is 1. The van der Waals surface area contributed by atoms with Crippen LogP contribution in [-0.2, 0) is 6.54 Å². The van der Waals surface area contributed by atoms with Crippen LogP contribution in [0.5, 0.6) is 0 Å². The molecule has 2 atom stereocenters. The van der Waals surface area contributed by atoms with Crippen molar-refractivity contribution in [3.8, 4) is 0 Å². The van der Waals surface area contributed by atoms with E-state index in [9.17, 15) is 13.2 Å². The SMILES string of the molecule is CSC1CCC(NCc2cc(F)c(F)cc2F)C1. The predicted molar refractivity (Wildman–Crippen MR) is 68.1 cm³/mol. The van der Waals surface area contributed by atoms with Crippen molar-refractivity contribution in [2.75, 3.05) is 6.26 Å². The van der Waals surface area contributed by atoms with E-state index < -0.39 is 17.5 Å². The van der Waals surface area contributed by atoms with Crippen molar-refractivity contribution in [1.29, 1.82) is 0 Å². The van der Waals surface area contributed by atoms with Gasteiger partial charge >= 0.3 is 0 Å². The Balaban J connectivity index is 1.93. The van der Waals surface area contributed by atoms with Crippen LogP contribution in [0.2, 0.25) is 0 Å². The van der Waals surface area contributed by atoms with E-state index in [2.05, 4.69) is 11.6 Å². The molecule has 1 aromatic carbocycles. The standard InChI is InChI=1S/C13H16F3NS/c1-18-10-3-2-9(5-10)17-7-8-4-12(15)13(16)6-11(8)14/h4,6,9-10,17H,2-3,5,7H2,1H3. The van der Waals surface area contributed by atoms with Crippen LogP contribution in [0.25, 0.3) is 0 Å². The molecule has 5 heteroatoms. The lowest BCUT2D eigenvalue weighted by Crippen LogP contribution is -2.26. The van der Waals surface area contributed by atoms with Gasteiger partial charge in [-0.15, -0.1) is 0 Å². The molecule has 1 nitrogen and oxygen atoms in total. The van der Waals surface area contributed by atoms with Gasteiger partial charge in [-0.05, 0) is 31.6 Å². The van der Waals surface area contributed by atoms with Crippen LogP contribution in [-0.4, -0.2) is 17.5 Å². The lowest BCUT2D eigenvalue weighted by molar-refractivity contribution is 0.476. The van der Waals surface area contributed by atoms with Crippen LogP contribution in [0.1, 0.15) is 24.8 Å². The van der Waals surface area contributed by atoms with Gasteiger partial charge in [0.1, 0.15) is 5.82 Å². The molecule has 1 aromatic rings. The van der Waals surface area contributed by atoms with Crippen LogP contribution < -0.4 is 5.32 Å². The third-order valence-electron chi connectivity index (χ3n) is 3.39. The molecule has 1 N–H and O–H groups in total. The Morgan fingerprint density at radius 1 is 1.17 bits per heavy atom. The van der Waals surface area contributed by atoms with Gasteiger partial charge in [0.05, 0.1) is 0 Å². The first-order valence-electron chi connectivity index (χ1n) is 5.99. The van der Waals surface area contributed by atoms with E-state index >= 15 is 0 Å². The molecule has 2 rings (SSSR count). The highest BCUT2D eigenvalue weighted by Gasteiger charge is 2.23. The van der Waals surface area contributed by atoms with Crippen LogP contribution >= 0.6 is 11.8 Å². The lowest BCUT2D eigenvalue weighted by Gasteiger charge is -2.13. The van der Waals surface area contributed by atoms with E-state index in [-0.39, 0.29) is 12.1 Å². The topological polar surface area (TPSA) is 12.0 Å². The highest BCUT2D eigenvalue weighted by Crippen LogP contribution is 2.28.